The van der Waals surface area contributed by atoms with E-state index in [0.717, 1.165) is 45.6 Å². The summed E-state index contributed by atoms with van der Waals surface area (Å²) in [6, 6.07) is -3.54. The molecule has 125 heavy (non-hydrogen) atoms. The SMILES string of the molecule is COP(=O)(O)OC[C@@H]1C[C@@H](C)CN1C(=O)CCCCCCCCCCC(=O)CC(COCCC(=O)CCCCCC(=O)CCCCOC1OC(CO)C(O)C(O)C1NC(C)=O)(COCCC(=O)CCCCCC(=O)CCCCOC1OC(CO)C(O)C(O)C1NC(C)=O)COCCC(=O)CCCCCC(=O)CCCCOC1OC(CO)C(O)C(O)C1NC(C)=O. The molecule has 0 aliphatic carbocycles. The molecule has 0 spiro atoms. The summed E-state index contributed by atoms with van der Waals surface area (Å²) in [5.74, 6) is -1.41. The van der Waals surface area contributed by atoms with Crippen LogP contribution in [0.3, 0.4) is 0 Å². The lowest BCUT2D eigenvalue weighted by atomic mass is 9.83. The molecule has 16 unspecified atom stereocenters. The van der Waals surface area contributed by atoms with Crippen LogP contribution in [-0.4, -0.2) is 317 Å². The minimum Gasteiger partial charge on any atom is -0.394 e. The molecule has 0 radical (unpaired) electrons. The van der Waals surface area contributed by atoms with E-state index in [0.29, 0.717) is 148 Å². The zero-order valence-electron chi connectivity index (χ0n) is 74.5. The summed E-state index contributed by atoms with van der Waals surface area (Å²) in [5, 5.41) is 98.9. The molecule has 18 atom stereocenters. The van der Waals surface area contributed by atoms with Gasteiger partial charge in [0.15, 0.2) is 18.9 Å². The van der Waals surface area contributed by atoms with Gasteiger partial charge in [-0.15, -0.1) is 0 Å². The molecule has 37 nitrogen and oxygen atoms in total. The highest BCUT2D eigenvalue weighted by Crippen LogP contribution is 2.43. The number of ketones is 7. The van der Waals surface area contributed by atoms with Crippen LogP contribution in [0.4, 0.5) is 0 Å². The molecule has 4 rings (SSSR count). The van der Waals surface area contributed by atoms with E-state index in [1.165, 1.54) is 20.8 Å². The Labute approximate surface area is 736 Å². The first kappa shape index (κ1) is 112. The number of carbonyl (C=O) groups excluding carboxylic acids is 11. The molecule has 0 aromatic rings. The lowest BCUT2D eigenvalue weighted by Crippen LogP contribution is -2.64. The van der Waals surface area contributed by atoms with Crippen molar-refractivity contribution in [2.24, 2.45) is 11.3 Å². The topological polar surface area (TPSA) is 548 Å². The zero-order chi connectivity index (χ0) is 92.1. The Morgan fingerprint density at radius 2 is 0.656 bits per heavy atom. The van der Waals surface area contributed by atoms with Crippen LogP contribution in [0.25, 0.3) is 0 Å². The monoisotopic (exact) mass is 1810 g/mol. The second-order valence-corrected chi connectivity index (χ2v) is 35.7. The van der Waals surface area contributed by atoms with Crippen LogP contribution in [-0.2, 0) is 109 Å². The molecular weight excluding hydrogens is 1660 g/mol. The van der Waals surface area contributed by atoms with E-state index in [4.69, 9.17) is 47.2 Å². The van der Waals surface area contributed by atoms with Crippen LogP contribution in [0.5, 0.6) is 0 Å². The smallest absolute Gasteiger partial charge is 0.394 e. The van der Waals surface area contributed by atoms with Crippen molar-refractivity contribution in [3.8, 4) is 0 Å². The van der Waals surface area contributed by atoms with Crippen molar-refractivity contribution >= 4 is 71.9 Å². The number of phosphoric ester groups is 1. The van der Waals surface area contributed by atoms with Crippen molar-refractivity contribution < 1.29 is 160 Å². The second kappa shape index (κ2) is 63.9. The average Bonchev–Trinajstić information content (AvgIpc) is 1.57. The van der Waals surface area contributed by atoms with Gasteiger partial charge in [-0.05, 0) is 102 Å². The normalized spacial score (nSPS) is 25.5. The standard InChI is InChI=1S/C87H151N4O33P/c1-59-49-63(55-121-125(112,113)114-5)91(51-59)74(105)39-22-11-9-7-6-8-10-15-38-70(104)50-87(56-115-46-40-67(101)32-19-12-16-29-64(98)35-23-26-43-118-84-75(88-60(2)95)81(109)78(106)71(52-92)122-84,57-116-47-41-68(102)33-20-13-17-30-65(99)36-24-27-44-119-85-76(89-61(3)96)82(110)79(107)72(53-93)123-85)58-117-48-42-69(103)34-21-14-18-31-66(100)37-25-28-45-120-86-77(90-62(4)97)83(111)80(108)73(54-94)124-86/h59,63,71-73,75-86,92-94,106-111H,6-58H2,1-5H3,(H,88,95)(H,89,96)(H,90,97)(H,112,113)/t59-,63+,71?,72?,73?,75?,76?,77?,78?,79?,80?,81?,82?,83?,84?,85?,86?,87?/m1/s1. The van der Waals surface area contributed by atoms with E-state index in [2.05, 4.69) is 20.5 Å². The average molecular weight is 1810 g/mol. The summed E-state index contributed by atoms with van der Waals surface area (Å²) in [6.45, 7) is 4.62. The highest BCUT2D eigenvalue weighted by Gasteiger charge is 2.48. The second-order valence-electron chi connectivity index (χ2n) is 34.1. The number of likely N-dealkylation sites (tertiary alicyclic amines) is 1. The number of ether oxygens (including phenoxy) is 9. The summed E-state index contributed by atoms with van der Waals surface area (Å²) < 4.78 is 74.5. The van der Waals surface area contributed by atoms with E-state index in [1.807, 2.05) is 6.92 Å². The fourth-order valence-electron chi connectivity index (χ4n) is 15.8. The predicted octanol–water partition coefficient (Wildman–Crippen LogP) is 4.71. The van der Waals surface area contributed by atoms with Gasteiger partial charge in [-0.3, -0.25) is 61.8 Å². The van der Waals surface area contributed by atoms with E-state index in [-0.39, 0.29) is 195 Å². The molecule has 4 aliphatic heterocycles. The Kier molecular flexibility index (Phi) is 57.4. The molecule has 722 valence electrons. The van der Waals surface area contributed by atoms with E-state index < -0.39 is 143 Å². The van der Waals surface area contributed by atoms with Gasteiger partial charge in [-0.1, -0.05) is 64.7 Å². The molecule has 0 aromatic carbocycles. The Hall–Kier alpha value is -5.04. The number of nitrogens with one attached hydrogen (secondary N) is 3. The van der Waals surface area contributed by atoms with Gasteiger partial charge >= 0.3 is 7.82 Å². The number of phosphoric acid groups is 1. The molecular formula is C87H151N4O33P. The van der Waals surface area contributed by atoms with Gasteiger partial charge in [0, 0.05) is 156 Å². The molecule has 0 saturated carbocycles. The highest BCUT2D eigenvalue weighted by molar-refractivity contribution is 7.47. The molecule has 4 aliphatic rings. The van der Waals surface area contributed by atoms with Gasteiger partial charge in [0.05, 0.1) is 72.1 Å². The minimum absolute atomic E-state index is 0.00641. The highest BCUT2D eigenvalue weighted by atomic mass is 31.2. The van der Waals surface area contributed by atoms with E-state index in [1.54, 1.807) is 4.90 Å². The van der Waals surface area contributed by atoms with Gasteiger partial charge in [0.25, 0.3) is 0 Å². The largest absolute Gasteiger partial charge is 0.471 e. The van der Waals surface area contributed by atoms with Crippen LogP contribution in [0, 0.1) is 11.3 Å². The van der Waals surface area contributed by atoms with E-state index >= 15 is 0 Å². The van der Waals surface area contributed by atoms with E-state index in [9.17, 15) is 108 Å². The van der Waals surface area contributed by atoms with Crippen LogP contribution >= 0.6 is 7.82 Å². The maximum absolute atomic E-state index is 14.2. The third-order valence-corrected chi connectivity index (χ3v) is 23.9. The number of aliphatic hydroxyl groups is 9. The summed E-state index contributed by atoms with van der Waals surface area (Å²) in [6.07, 6.45) is 2.96. The molecule has 4 amide bonds. The number of hydrogen-bond donors (Lipinski definition) is 13. The van der Waals surface area contributed by atoms with Gasteiger partial charge in [-0.25, -0.2) is 4.57 Å². The quantitative estimate of drug-likeness (QED) is 0.0289. The Bertz CT molecular complexity index is 2950. The third-order valence-electron chi connectivity index (χ3n) is 23.0. The van der Waals surface area contributed by atoms with Crippen molar-refractivity contribution in [3.63, 3.8) is 0 Å². The molecule has 4 heterocycles. The first-order chi connectivity index (χ1) is 59.8. The summed E-state index contributed by atoms with van der Waals surface area (Å²) >= 11 is 0. The molecule has 38 heteroatoms. The van der Waals surface area contributed by atoms with Crippen molar-refractivity contribution in [1.82, 2.24) is 20.9 Å². The maximum Gasteiger partial charge on any atom is 0.471 e. The fraction of sp³-hybridized carbons (Fsp3) is 0.874. The molecule has 0 aromatic heterocycles. The fourth-order valence-corrected chi connectivity index (χ4v) is 16.2. The van der Waals surface area contributed by atoms with Gasteiger partial charge < -0.3 is 114 Å². The predicted molar refractivity (Wildman–Crippen MR) is 451 cm³/mol. The lowest BCUT2D eigenvalue weighted by Gasteiger charge is -2.42. The molecule has 4 fully saturated rings. The summed E-state index contributed by atoms with van der Waals surface area (Å²) in [7, 11) is -3.10. The number of nitrogens with zero attached hydrogens (tertiary/aromatic N) is 1. The molecule has 0 bridgehead atoms. The van der Waals surface area contributed by atoms with Crippen LogP contribution in [0.1, 0.15) is 278 Å². The number of amides is 4. The van der Waals surface area contributed by atoms with Crippen LogP contribution in [0.15, 0.2) is 0 Å². The van der Waals surface area contributed by atoms with Crippen molar-refractivity contribution in [3.05, 3.63) is 0 Å². The molecule has 13 N–H and O–H groups in total. The number of Topliss-reactive ketones (excluding diaryl/α,β-unsaturated/α-hetero) is 7. The molecule has 4 saturated heterocycles. The number of unbranched alkanes of at least 4 members (excludes halogenated alkanes) is 16. The van der Waals surface area contributed by atoms with Gasteiger partial charge in [0.1, 0.15) is 114 Å². The third kappa shape index (κ3) is 46.1. The van der Waals surface area contributed by atoms with Gasteiger partial charge in [-0.2, -0.15) is 0 Å². The number of rotatable bonds is 74. The minimum atomic E-state index is -4.18. The summed E-state index contributed by atoms with van der Waals surface area (Å²) in [4.78, 5) is 153. The zero-order valence-corrected chi connectivity index (χ0v) is 75.4. The maximum atomic E-state index is 14.2. The van der Waals surface area contributed by atoms with Crippen LogP contribution < -0.4 is 16.0 Å². The Morgan fingerprint density at radius 1 is 0.384 bits per heavy atom. The van der Waals surface area contributed by atoms with Crippen molar-refractivity contribution in [1.29, 1.82) is 0 Å². The number of aliphatic hydroxyl groups excluding tert-OH is 9. The number of hydrogen-bond acceptors (Lipinski definition) is 32. The van der Waals surface area contributed by atoms with Crippen LogP contribution in [0.2, 0.25) is 0 Å². The van der Waals surface area contributed by atoms with Gasteiger partial charge in [0.2, 0.25) is 23.6 Å². The summed E-state index contributed by atoms with van der Waals surface area (Å²) in [5.41, 5.74) is -1.11. The Balaban J connectivity index is 1.31. The lowest BCUT2D eigenvalue weighted by molar-refractivity contribution is -0.270. The first-order valence-corrected chi connectivity index (χ1v) is 47.0. The Morgan fingerprint density at radius 3 is 0.952 bits per heavy atom. The van der Waals surface area contributed by atoms with Crippen molar-refractivity contribution in [2.45, 2.75) is 376 Å². The first-order valence-electron chi connectivity index (χ1n) is 45.5. The number of carbonyl (C=O) groups is 11. The van der Waals surface area contributed by atoms with Crippen molar-refractivity contribution in [2.75, 3.05) is 99.5 Å².